The molecule has 8 heteroatoms. The van der Waals surface area contributed by atoms with Crippen LogP contribution in [-0.2, 0) is 9.84 Å². The molecule has 7 nitrogen and oxygen atoms in total. The molecule has 0 saturated carbocycles. The Hall–Kier alpha value is -1.70. The number of anilines is 1. The highest BCUT2D eigenvalue weighted by Crippen LogP contribution is 2.19. The van der Waals surface area contributed by atoms with Gasteiger partial charge in [-0.2, -0.15) is 14.6 Å². The maximum Gasteiger partial charge on any atom is 0.254 e. The van der Waals surface area contributed by atoms with Gasteiger partial charge in [-0.25, -0.2) is 13.4 Å². The molecule has 0 aromatic carbocycles. The Morgan fingerprint density at radius 3 is 3.11 bits per heavy atom. The smallest absolute Gasteiger partial charge is 0.254 e. The molecule has 1 aliphatic rings. The first-order chi connectivity index (χ1) is 9.03. The van der Waals surface area contributed by atoms with Crippen LogP contribution in [0.2, 0.25) is 0 Å². The van der Waals surface area contributed by atoms with E-state index in [4.69, 9.17) is 0 Å². The van der Waals surface area contributed by atoms with E-state index in [0.29, 0.717) is 18.1 Å². The van der Waals surface area contributed by atoms with Crippen LogP contribution in [0, 0.1) is 12.8 Å². The van der Waals surface area contributed by atoms with Gasteiger partial charge in [0, 0.05) is 18.3 Å². The van der Waals surface area contributed by atoms with E-state index in [2.05, 4.69) is 20.4 Å². The van der Waals surface area contributed by atoms with Gasteiger partial charge in [-0.1, -0.05) is 0 Å². The number of rotatable bonds is 3. The Kier molecular flexibility index (Phi) is 2.89. The van der Waals surface area contributed by atoms with Gasteiger partial charge in [-0.15, -0.1) is 0 Å². The van der Waals surface area contributed by atoms with Crippen LogP contribution in [0.25, 0.3) is 5.78 Å². The van der Waals surface area contributed by atoms with E-state index in [1.807, 2.05) is 13.0 Å². The summed E-state index contributed by atoms with van der Waals surface area (Å²) in [7, 11) is -2.83. The zero-order chi connectivity index (χ0) is 13.5. The molecule has 1 atom stereocenters. The Labute approximate surface area is 111 Å². The third-order valence-electron chi connectivity index (χ3n) is 3.28. The van der Waals surface area contributed by atoms with Crippen molar-refractivity contribution in [2.75, 3.05) is 23.4 Å². The van der Waals surface area contributed by atoms with E-state index in [9.17, 15) is 8.42 Å². The Morgan fingerprint density at radius 2 is 2.37 bits per heavy atom. The van der Waals surface area contributed by atoms with Crippen molar-refractivity contribution in [2.45, 2.75) is 13.3 Å². The number of nitrogens with zero attached hydrogens (tertiary/aromatic N) is 4. The average molecular weight is 281 g/mol. The largest absolute Gasteiger partial charge is 0.370 e. The Morgan fingerprint density at radius 1 is 1.53 bits per heavy atom. The quantitative estimate of drug-likeness (QED) is 0.869. The van der Waals surface area contributed by atoms with Gasteiger partial charge >= 0.3 is 0 Å². The molecular formula is C11H15N5O2S. The second kappa shape index (κ2) is 4.44. The number of hydrogen-bond donors (Lipinski definition) is 1. The van der Waals surface area contributed by atoms with Crippen LogP contribution in [0.4, 0.5) is 5.82 Å². The molecule has 1 unspecified atom stereocenters. The number of sulfone groups is 1. The van der Waals surface area contributed by atoms with Crippen LogP contribution in [-0.4, -0.2) is 46.1 Å². The van der Waals surface area contributed by atoms with E-state index < -0.39 is 9.84 Å². The lowest BCUT2D eigenvalue weighted by molar-refractivity contribution is 0.595. The van der Waals surface area contributed by atoms with Gasteiger partial charge in [0.2, 0.25) is 0 Å². The summed E-state index contributed by atoms with van der Waals surface area (Å²) in [5.74, 6) is 2.07. The molecule has 2 aromatic rings. The first-order valence-corrected chi connectivity index (χ1v) is 7.97. The summed E-state index contributed by atoms with van der Waals surface area (Å²) in [6, 6.07) is 1.88. The Balaban J connectivity index is 1.77. The molecule has 3 rings (SSSR count). The molecule has 1 N–H and O–H groups in total. The predicted octanol–water partition coefficient (Wildman–Crippen LogP) is 0.279. The van der Waals surface area contributed by atoms with Gasteiger partial charge < -0.3 is 5.32 Å². The van der Waals surface area contributed by atoms with Crippen molar-refractivity contribution in [3.63, 3.8) is 0 Å². The van der Waals surface area contributed by atoms with Crippen LogP contribution in [0.5, 0.6) is 0 Å². The number of aryl methyl sites for hydroxylation is 1. The number of aromatic nitrogens is 4. The third-order valence-corrected chi connectivity index (χ3v) is 5.12. The molecule has 0 spiro atoms. The van der Waals surface area contributed by atoms with Gasteiger partial charge in [0.25, 0.3) is 5.78 Å². The van der Waals surface area contributed by atoms with Gasteiger partial charge in [0.1, 0.15) is 12.1 Å². The molecule has 1 saturated heterocycles. The molecule has 0 bridgehead atoms. The lowest BCUT2D eigenvalue weighted by Crippen LogP contribution is -2.17. The molecule has 0 radical (unpaired) electrons. The van der Waals surface area contributed by atoms with Gasteiger partial charge in [0.15, 0.2) is 9.84 Å². The van der Waals surface area contributed by atoms with E-state index >= 15 is 0 Å². The van der Waals surface area contributed by atoms with Crippen LogP contribution in [0.1, 0.15) is 12.1 Å². The molecule has 102 valence electrons. The van der Waals surface area contributed by atoms with Crippen LogP contribution >= 0.6 is 0 Å². The number of hydrogen-bond acceptors (Lipinski definition) is 6. The summed E-state index contributed by atoms with van der Waals surface area (Å²) in [5.41, 5.74) is 0.849. The lowest BCUT2D eigenvalue weighted by atomic mass is 10.1. The van der Waals surface area contributed by atoms with Gasteiger partial charge in [-0.3, -0.25) is 0 Å². The maximum atomic E-state index is 11.4. The minimum absolute atomic E-state index is 0.164. The first kappa shape index (κ1) is 12.3. The van der Waals surface area contributed by atoms with Crippen LogP contribution in [0.3, 0.4) is 0 Å². The summed E-state index contributed by atoms with van der Waals surface area (Å²) in [4.78, 5) is 8.30. The number of nitrogens with one attached hydrogen (secondary N) is 1. The van der Waals surface area contributed by atoms with E-state index in [0.717, 1.165) is 17.9 Å². The second-order valence-corrected chi connectivity index (χ2v) is 7.13. The predicted molar refractivity (Wildman–Crippen MR) is 70.8 cm³/mol. The highest BCUT2D eigenvalue weighted by Gasteiger charge is 2.27. The van der Waals surface area contributed by atoms with Gasteiger partial charge in [-0.05, 0) is 19.3 Å². The molecular weight excluding hydrogens is 266 g/mol. The molecule has 0 aliphatic carbocycles. The molecule has 2 aromatic heterocycles. The fraction of sp³-hybridized carbons (Fsp3) is 0.545. The zero-order valence-corrected chi connectivity index (χ0v) is 11.4. The molecule has 19 heavy (non-hydrogen) atoms. The fourth-order valence-electron chi connectivity index (χ4n) is 2.34. The summed E-state index contributed by atoms with van der Waals surface area (Å²) in [6.45, 7) is 2.51. The van der Waals surface area contributed by atoms with Crippen molar-refractivity contribution in [1.82, 2.24) is 19.6 Å². The van der Waals surface area contributed by atoms with Crippen molar-refractivity contribution in [3.8, 4) is 0 Å². The summed E-state index contributed by atoms with van der Waals surface area (Å²) >= 11 is 0. The first-order valence-electron chi connectivity index (χ1n) is 6.15. The highest BCUT2D eigenvalue weighted by molar-refractivity contribution is 7.91. The normalized spacial score (nSPS) is 21.8. The zero-order valence-electron chi connectivity index (χ0n) is 10.6. The van der Waals surface area contributed by atoms with Crippen LogP contribution < -0.4 is 5.32 Å². The van der Waals surface area contributed by atoms with Crippen molar-refractivity contribution >= 4 is 21.4 Å². The Bertz CT molecular complexity index is 709. The van der Waals surface area contributed by atoms with Crippen LogP contribution in [0.15, 0.2) is 12.4 Å². The second-order valence-electron chi connectivity index (χ2n) is 4.90. The fourth-order valence-corrected chi connectivity index (χ4v) is 4.20. The monoisotopic (exact) mass is 281 g/mol. The standard InChI is InChI=1S/C11H15N5O2S/c1-8-4-10(16-11(15-8)13-7-14-16)12-5-9-2-3-19(17,18)6-9/h4,7,9,12H,2-3,5-6H2,1H3. The third kappa shape index (κ3) is 2.53. The molecule has 3 heterocycles. The highest BCUT2D eigenvalue weighted by atomic mass is 32.2. The maximum absolute atomic E-state index is 11.4. The molecule has 1 aliphatic heterocycles. The lowest BCUT2D eigenvalue weighted by Gasteiger charge is -2.12. The van der Waals surface area contributed by atoms with Crippen molar-refractivity contribution in [2.24, 2.45) is 5.92 Å². The van der Waals surface area contributed by atoms with Crippen molar-refractivity contribution in [3.05, 3.63) is 18.1 Å². The molecule has 0 amide bonds. The summed E-state index contributed by atoms with van der Waals surface area (Å²) in [5, 5.41) is 7.35. The van der Waals surface area contributed by atoms with Crippen molar-refractivity contribution in [1.29, 1.82) is 0 Å². The number of fused-ring (bicyclic) bond motifs is 1. The van der Waals surface area contributed by atoms with E-state index in [1.54, 1.807) is 4.52 Å². The minimum atomic E-state index is -2.83. The van der Waals surface area contributed by atoms with E-state index in [-0.39, 0.29) is 11.7 Å². The SMILES string of the molecule is Cc1cc(NCC2CCS(=O)(=O)C2)n2ncnc2n1. The minimum Gasteiger partial charge on any atom is -0.370 e. The summed E-state index contributed by atoms with van der Waals surface area (Å²) < 4.78 is 24.4. The average Bonchev–Trinajstić information content (AvgIpc) is 2.92. The summed E-state index contributed by atoms with van der Waals surface area (Å²) in [6.07, 6.45) is 2.17. The van der Waals surface area contributed by atoms with Gasteiger partial charge in [0.05, 0.1) is 11.5 Å². The van der Waals surface area contributed by atoms with E-state index in [1.165, 1.54) is 6.33 Å². The van der Waals surface area contributed by atoms with Crippen molar-refractivity contribution < 1.29 is 8.42 Å². The topological polar surface area (TPSA) is 89.2 Å². The molecule has 1 fully saturated rings.